The molecule has 0 aromatic heterocycles. The summed E-state index contributed by atoms with van der Waals surface area (Å²) in [6.07, 6.45) is 4.93. The maximum Gasteiger partial charge on any atom is 0.0726 e. The molecule has 2 bridgehead atoms. The predicted molar refractivity (Wildman–Crippen MR) is 77.9 cm³/mol. The van der Waals surface area contributed by atoms with Crippen LogP contribution >= 0.6 is 12.6 Å². The molecule has 1 aliphatic heterocycles. The minimum absolute atomic E-state index is 0.0416. The molecule has 0 aromatic rings. The molecule has 2 aliphatic carbocycles. The summed E-state index contributed by atoms with van der Waals surface area (Å²) >= 11 is 4.60. The summed E-state index contributed by atoms with van der Waals surface area (Å²) in [5.41, 5.74) is 0.352. The van der Waals surface area contributed by atoms with Gasteiger partial charge in [-0.2, -0.15) is 12.6 Å². The van der Waals surface area contributed by atoms with E-state index in [0.717, 1.165) is 24.1 Å². The van der Waals surface area contributed by atoms with Crippen molar-refractivity contribution >= 4 is 12.6 Å². The van der Waals surface area contributed by atoms with Crippen molar-refractivity contribution in [3.05, 3.63) is 0 Å². The van der Waals surface area contributed by atoms with Crippen LogP contribution in [0.4, 0.5) is 0 Å². The number of aliphatic hydroxyl groups is 1. The smallest absolute Gasteiger partial charge is 0.0726 e. The van der Waals surface area contributed by atoms with Crippen LogP contribution in [0.15, 0.2) is 0 Å². The van der Waals surface area contributed by atoms with Gasteiger partial charge in [-0.25, -0.2) is 0 Å². The zero-order valence-electron chi connectivity index (χ0n) is 11.7. The SMILES string of the molecule is CCC(CC)(CS)CN1CC2CC3CC2C1C3O. The van der Waals surface area contributed by atoms with Gasteiger partial charge in [0.25, 0.3) is 0 Å². The van der Waals surface area contributed by atoms with Crippen molar-refractivity contribution in [1.82, 2.24) is 4.90 Å². The van der Waals surface area contributed by atoms with Crippen LogP contribution in [0, 0.1) is 23.2 Å². The summed E-state index contributed by atoms with van der Waals surface area (Å²) in [5, 5.41) is 10.4. The van der Waals surface area contributed by atoms with E-state index in [-0.39, 0.29) is 6.10 Å². The van der Waals surface area contributed by atoms with Gasteiger partial charge in [0.05, 0.1) is 6.10 Å². The summed E-state index contributed by atoms with van der Waals surface area (Å²) in [6, 6.07) is 0.478. The Bertz CT molecular complexity index is 307. The molecule has 0 aromatic carbocycles. The van der Waals surface area contributed by atoms with Crippen LogP contribution in [0.1, 0.15) is 39.5 Å². The second kappa shape index (κ2) is 4.68. The van der Waals surface area contributed by atoms with Gasteiger partial charge in [0.1, 0.15) is 0 Å². The molecule has 0 spiro atoms. The standard InChI is InChI=1S/C15H27NOS/c1-3-15(4-2,9-18)8-16-7-11-5-10-6-12(11)13(16)14(10)17/h10-14,17-18H,3-9H2,1-2H3. The first-order chi connectivity index (χ1) is 8.64. The van der Waals surface area contributed by atoms with E-state index in [1.165, 1.54) is 32.2 Å². The highest BCUT2D eigenvalue weighted by Crippen LogP contribution is 2.55. The average Bonchev–Trinajstić information content (AvgIpc) is 2.98. The summed E-state index contributed by atoms with van der Waals surface area (Å²) in [6.45, 7) is 6.96. The van der Waals surface area contributed by atoms with Gasteiger partial charge in [-0.1, -0.05) is 13.8 Å². The minimum Gasteiger partial charge on any atom is -0.391 e. The van der Waals surface area contributed by atoms with Crippen molar-refractivity contribution in [2.45, 2.75) is 51.7 Å². The number of fused-ring (bicyclic) bond motifs is 1. The number of nitrogens with zero attached hydrogens (tertiary/aromatic N) is 1. The lowest BCUT2D eigenvalue weighted by Crippen LogP contribution is -2.46. The number of hydrogen-bond acceptors (Lipinski definition) is 3. The normalized spacial score (nSPS) is 43.0. The number of rotatable bonds is 5. The van der Waals surface area contributed by atoms with Crippen LogP contribution in [0.25, 0.3) is 0 Å². The highest BCUT2D eigenvalue weighted by molar-refractivity contribution is 7.80. The van der Waals surface area contributed by atoms with Gasteiger partial charge in [0.2, 0.25) is 0 Å². The molecule has 0 amide bonds. The highest BCUT2D eigenvalue weighted by atomic mass is 32.1. The first kappa shape index (κ1) is 13.3. The molecule has 3 rings (SSSR count). The molecule has 1 heterocycles. The van der Waals surface area contributed by atoms with Gasteiger partial charge in [-0.15, -0.1) is 0 Å². The van der Waals surface area contributed by atoms with E-state index in [9.17, 15) is 5.11 Å². The minimum atomic E-state index is -0.0416. The van der Waals surface area contributed by atoms with Crippen molar-refractivity contribution in [2.75, 3.05) is 18.8 Å². The maximum atomic E-state index is 10.4. The lowest BCUT2D eigenvalue weighted by Gasteiger charge is -2.38. The Kier molecular flexibility index (Phi) is 3.44. The van der Waals surface area contributed by atoms with Gasteiger partial charge in [0.15, 0.2) is 0 Å². The molecular formula is C15H27NOS. The second-order valence-electron chi connectivity index (χ2n) is 6.93. The van der Waals surface area contributed by atoms with Gasteiger partial charge in [-0.3, -0.25) is 4.90 Å². The van der Waals surface area contributed by atoms with E-state index >= 15 is 0 Å². The first-order valence-corrected chi connectivity index (χ1v) is 8.30. The fourth-order valence-electron chi connectivity index (χ4n) is 4.90. The molecule has 0 radical (unpaired) electrons. The maximum absolute atomic E-state index is 10.4. The van der Waals surface area contributed by atoms with Crippen LogP contribution in [0.3, 0.4) is 0 Å². The fraction of sp³-hybridized carbons (Fsp3) is 1.00. The summed E-state index contributed by atoms with van der Waals surface area (Å²) in [7, 11) is 0. The predicted octanol–water partition coefficient (Wildman–Crippen LogP) is 2.42. The second-order valence-corrected chi connectivity index (χ2v) is 7.25. The quantitative estimate of drug-likeness (QED) is 0.749. The molecule has 18 heavy (non-hydrogen) atoms. The van der Waals surface area contributed by atoms with Crippen molar-refractivity contribution < 1.29 is 5.11 Å². The molecule has 104 valence electrons. The van der Waals surface area contributed by atoms with Crippen LogP contribution in [-0.2, 0) is 0 Å². The van der Waals surface area contributed by atoms with Gasteiger partial charge in [-0.05, 0) is 54.6 Å². The summed E-state index contributed by atoms with van der Waals surface area (Å²) in [4.78, 5) is 2.62. The van der Waals surface area contributed by atoms with Gasteiger partial charge in [0, 0.05) is 19.1 Å². The third-order valence-electron chi connectivity index (χ3n) is 6.32. The average molecular weight is 269 g/mol. The largest absolute Gasteiger partial charge is 0.391 e. The van der Waals surface area contributed by atoms with Crippen LogP contribution in [0.2, 0.25) is 0 Å². The Morgan fingerprint density at radius 2 is 1.94 bits per heavy atom. The third-order valence-corrected chi connectivity index (χ3v) is 6.99. The van der Waals surface area contributed by atoms with E-state index in [1.807, 2.05) is 0 Å². The molecule has 5 atom stereocenters. The topological polar surface area (TPSA) is 23.5 Å². The van der Waals surface area contributed by atoms with Crippen molar-refractivity contribution in [1.29, 1.82) is 0 Å². The van der Waals surface area contributed by atoms with Crippen molar-refractivity contribution in [2.24, 2.45) is 23.2 Å². The fourth-order valence-corrected chi connectivity index (χ4v) is 5.45. The monoisotopic (exact) mass is 269 g/mol. The Morgan fingerprint density at radius 3 is 2.50 bits per heavy atom. The van der Waals surface area contributed by atoms with E-state index in [1.54, 1.807) is 0 Å². The molecule has 2 saturated carbocycles. The number of hydrogen-bond donors (Lipinski definition) is 2. The number of aliphatic hydroxyl groups excluding tert-OH is 1. The molecule has 1 N–H and O–H groups in total. The third kappa shape index (κ3) is 1.77. The van der Waals surface area contributed by atoms with E-state index in [2.05, 4.69) is 31.4 Å². The van der Waals surface area contributed by atoms with E-state index in [4.69, 9.17) is 0 Å². The highest BCUT2D eigenvalue weighted by Gasteiger charge is 2.59. The molecule has 3 fully saturated rings. The van der Waals surface area contributed by atoms with Crippen molar-refractivity contribution in [3.63, 3.8) is 0 Å². The van der Waals surface area contributed by atoms with E-state index < -0.39 is 0 Å². The Balaban J connectivity index is 1.75. The van der Waals surface area contributed by atoms with Crippen LogP contribution < -0.4 is 0 Å². The summed E-state index contributed by atoms with van der Waals surface area (Å²) < 4.78 is 0. The van der Waals surface area contributed by atoms with Crippen molar-refractivity contribution in [3.8, 4) is 0 Å². The van der Waals surface area contributed by atoms with Crippen LogP contribution in [0.5, 0.6) is 0 Å². The molecule has 3 heteroatoms. The molecule has 5 unspecified atom stereocenters. The number of thiol groups is 1. The Labute approximate surface area is 117 Å². The zero-order chi connectivity index (χ0) is 12.9. The lowest BCUT2D eigenvalue weighted by atomic mass is 9.83. The van der Waals surface area contributed by atoms with E-state index in [0.29, 0.717) is 17.4 Å². The lowest BCUT2D eigenvalue weighted by molar-refractivity contribution is 0.0348. The molecule has 2 nitrogen and oxygen atoms in total. The van der Waals surface area contributed by atoms with Gasteiger partial charge >= 0.3 is 0 Å². The molecule has 3 aliphatic rings. The Morgan fingerprint density at radius 1 is 1.22 bits per heavy atom. The first-order valence-electron chi connectivity index (χ1n) is 7.67. The Hall–Kier alpha value is 0.270. The van der Waals surface area contributed by atoms with Gasteiger partial charge < -0.3 is 5.11 Å². The molecule has 1 saturated heterocycles. The summed E-state index contributed by atoms with van der Waals surface area (Å²) in [5.74, 6) is 3.27. The number of likely N-dealkylation sites (tertiary alicyclic amines) is 1. The van der Waals surface area contributed by atoms with Crippen LogP contribution in [-0.4, -0.2) is 41.0 Å². The molecular weight excluding hydrogens is 242 g/mol. The zero-order valence-corrected chi connectivity index (χ0v) is 12.6.